The summed E-state index contributed by atoms with van der Waals surface area (Å²) in [6, 6.07) is 12.4. The van der Waals surface area contributed by atoms with Crippen LogP contribution in [0.4, 0.5) is 0 Å². The van der Waals surface area contributed by atoms with Gasteiger partial charge in [0.1, 0.15) is 0 Å². The van der Waals surface area contributed by atoms with Crippen LogP contribution in [-0.4, -0.2) is 32.3 Å². The second kappa shape index (κ2) is 9.12. The van der Waals surface area contributed by atoms with Gasteiger partial charge in [-0.1, -0.05) is 44.2 Å². The van der Waals surface area contributed by atoms with E-state index < -0.39 is 10.0 Å². The Kier molecular flexibility index (Phi) is 7.12. The Morgan fingerprint density at radius 1 is 1.04 bits per heavy atom. The number of amides is 1. The zero-order valence-corrected chi connectivity index (χ0v) is 16.8. The number of sulfonamides is 1. The first-order valence-corrected chi connectivity index (χ1v) is 10.5. The molecule has 27 heavy (non-hydrogen) atoms. The summed E-state index contributed by atoms with van der Waals surface area (Å²) in [5.74, 6) is -0.329. The quantitative estimate of drug-likeness (QED) is 0.725. The van der Waals surface area contributed by atoms with E-state index in [4.69, 9.17) is 5.14 Å². The Labute approximate surface area is 161 Å². The summed E-state index contributed by atoms with van der Waals surface area (Å²) in [5.41, 5.74) is 3.20. The third-order valence-corrected chi connectivity index (χ3v) is 5.47. The molecule has 3 N–H and O–H groups in total. The van der Waals surface area contributed by atoms with Crippen molar-refractivity contribution in [2.24, 2.45) is 5.14 Å². The fourth-order valence-electron chi connectivity index (χ4n) is 2.77. The Balaban J connectivity index is 2.03. The highest BCUT2D eigenvalue weighted by Gasteiger charge is 2.14. The number of nitrogens with two attached hydrogens (primary N) is 1. The first kappa shape index (κ1) is 21.1. The molecule has 0 bridgehead atoms. The second-order valence-electron chi connectivity index (χ2n) is 6.48. The number of aryl methyl sites for hydroxylation is 1. The lowest BCUT2D eigenvalue weighted by molar-refractivity contribution is 0.0950. The van der Waals surface area contributed by atoms with Crippen molar-refractivity contribution in [1.29, 1.82) is 0 Å². The molecule has 0 heterocycles. The minimum atomic E-state index is -3.85. The summed E-state index contributed by atoms with van der Waals surface area (Å²) in [4.78, 5) is 14.7. The van der Waals surface area contributed by atoms with Crippen molar-refractivity contribution < 1.29 is 13.2 Å². The van der Waals surface area contributed by atoms with Gasteiger partial charge in [-0.15, -0.1) is 0 Å². The maximum absolute atomic E-state index is 12.5. The normalized spacial score (nSPS) is 11.6. The lowest BCUT2D eigenvalue weighted by Crippen LogP contribution is -2.24. The monoisotopic (exact) mass is 389 g/mol. The van der Waals surface area contributed by atoms with Crippen molar-refractivity contribution in [2.45, 2.75) is 38.8 Å². The van der Waals surface area contributed by atoms with Crippen LogP contribution < -0.4 is 10.5 Å². The van der Waals surface area contributed by atoms with Gasteiger partial charge in [0.2, 0.25) is 10.0 Å². The number of hydrogen-bond acceptors (Lipinski definition) is 4. The summed E-state index contributed by atoms with van der Waals surface area (Å²) in [5, 5.41) is 7.98. The molecule has 0 aliphatic rings. The molecule has 0 aromatic heterocycles. The zero-order chi connectivity index (χ0) is 20.0. The van der Waals surface area contributed by atoms with Gasteiger partial charge in [-0.05, 0) is 48.8 Å². The maximum atomic E-state index is 12.5. The SMILES string of the molecule is CCN(CC)Cc1ccc(CNC(=O)c2cc(S(N)(=O)=O)ccc2C)cc1. The van der Waals surface area contributed by atoms with Gasteiger partial charge in [-0.25, -0.2) is 13.6 Å². The molecule has 1 amide bonds. The number of carbonyl (C=O) groups excluding carboxylic acids is 1. The molecule has 2 rings (SSSR count). The molecule has 0 saturated carbocycles. The number of primary sulfonamides is 1. The number of rotatable bonds is 8. The van der Waals surface area contributed by atoms with E-state index in [0.29, 0.717) is 17.7 Å². The molecule has 0 aliphatic heterocycles. The number of nitrogens with one attached hydrogen (secondary N) is 1. The third-order valence-electron chi connectivity index (χ3n) is 4.56. The first-order valence-electron chi connectivity index (χ1n) is 8.96. The summed E-state index contributed by atoms with van der Waals surface area (Å²) < 4.78 is 23.0. The standard InChI is InChI=1S/C20H27N3O3S/c1-4-23(5-2)14-17-9-7-16(8-10-17)13-22-20(24)19-12-18(27(21,25)26)11-6-15(19)3/h6-12H,4-5,13-14H2,1-3H3,(H,22,24)(H2,21,25,26). The van der Waals surface area contributed by atoms with E-state index in [1.807, 2.05) is 12.1 Å². The molecule has 0 fully saturated rings. The minimum absolute atomic E-state index is 0.0704. The van der Waals surface area contributed by atoms with Crippen LogP contribution in [0.3, 0.4) is 0 Å². The van der Waals surface area contributed by atoms with Gasteiger partial charge in [0, 0.05) is 18.7 Å². The molecular weight excluding hydrogens is 362 g/mol. The van der Waals surface area contributed by atoms with E-state index in [1.54, 1.807) is 13.0 Å². The molecule has 0 radical (unpaired) electrons. The van der Waals surface area contributed by atoms with Crippen LogP contribution >= 0.6 is 0 Å². The van der Waals surface area contributed by atoms with Crippen molar-refractivity contribution in [3.63, 3.8) is 0 Å². The van der Waals surface area contributed by atoms with E-state index in [9.17, 15) is 13.2 Å². The average molecular weight is 390 g/mol. The van der Waals surface area contributed by atoms with Gasteiger partial charge < -0.3 is 5.32 Å². The molecule has 146 valence electrons. The number of hydrogen-bond donors (Lipinski definition) is 2. The Morgan fingerprint density at radius 3 is 2.19 bits per heavy atom. The molecule has 0 spiro atoms. The first-order chi connectivity index (χ1) is 12.7. The van der Waals surface area contributed by atoms with E-state index >= 15 is 0 Å². The van der Waals surface area contributed by atoms with Crippen LogP contribution in [0.1, 0.15) is 40.9 Å². The van der Waals surface area contributed by atoms with Gasteiger partial charge in [0.05, 0.1) is 4.90 Å². The van der Waals surface area contributed by atoms with Crippen LogP contribution in [0, 0.1) is 6.92 Å². The zero-order valence-electron chi connectivity index (χ0n) is 16.0. The van der Waals surface area contributed by atoms with Crippen LogP contribution in [0.5, 0.6) is 0 Å². The lowest BCUT2D eigenvalue weighted by atomic mass is 10.1. The van der Waals surface area contributed by atoms with E-state index in [1.165, 1.54) is 17.7 Å². The third kappa shape index (κ3) is 5.89. The molecule has 6 nitrogen and oxygen atoms in total. The summed E-state index contributed by atoms with van der Waals surface area (Å²) in [6.45, 7) is 9.31. The fraction of sp³-hybridized carbons (Fsp3) is 0.350. The Bertz CT molecular complexity index is 889. The van der Waals surface area contributed by atoms with Crippen LogP contribution in [0.15, 0.2) is 47.4 Å². The van der Waals surface area contributed by atoms with Gasteiger partial charge >= 0.3 is 0 Å². The molecule has 0 unspecified atom stereocenters. The van der Waals surface area contributed by atoms with Crippen molar-refractivity contribution in [2.75, 3.05) is 13.1 Å². The number of benzene rings is 2. The van der Waals surface area contributed by atoms with E-state index in [2.05, 4.69) is 36.2 Å². The highest BCUT2D eigenvalue weighted by Crippen LogP contribution is 2.15. The largest absolute Gasteiger partial charge is 0.348 e. The van der Waals surface area contributed by atoms with Crippen LogP contribution in [-0.2, 0) is 23.1 Å². The van der Waals surface area contributed by atoms with Crippen molar-refractivity contribution in [3.05, 3.63) is 64.7 Å². The van der Waals surface area contributed by atoms with E-state index in [-0.39, 0.29) is 10.8 Å². The highest BCUT2D eigenvalue weighted by atomic mass is 32.2. The van der Waals surface area contributed by atoms with Crippen LogP contribution in [0.25, 0.3) is 0 Å². The molecule has 0 saturated heterocycles. The smallest absolute Gasteiger partial charge is 0.251 e. The maximum Gasteiger partial charge on any atom is 0.251 e. The molecular formula is C20H27N3O3S. The lowest BCUT2D eigenvalue weighted by Gasteiger charge is -2.18. The fourth-order valence-corrected chi connectivity index (χ4v) is 3.31. The predicted octanol–water partition coefficient (Wildman–Crippen LogP) is 2.41. The molecule has 0 atom stereocenters. The average Bonchev–Trinajstić information content (AvgIpc) is 2.64. The number of carbonyl (C=O) groups is 1. The van der Waals surface area contributed by atoms with Crippen molar-refractivity contribution >= 4 is 15.9 Å². The number of nitrogens with zero attached hydrogens (tertiary/aromatic N) is 1. The van der Waals surface area contributed by atoms with E-state index in [0.717, 1.165) is 25.2 Å². The van der Waals surface area contributed by atoms with Gasteiger partial charge in [-0.2, -0.15) is 0 Å². The Morgan fingerprint density at radius 2 is 1.63 bits per heavy atom. The summed E-state index contributed by atoms with van der Waals surface area (Å²) >= 11 is 0. The van der Waals surface area contributed by atoms with Crippen molar-refractivity contribution in [3.8, 4) is 0 Å². The Hall–Kier alpha value is -2.22. The predicted molar refractivity (Wildman–Crippen MR) is 107 cm³/mol. The molecule has 2 aromatic rings. The van der Waals surface area contributed by atoms with Gasteiger partial charge in [0.25, 0.3) is 5.91 Å². The van der Waals surface area contributed by atoms with Gasteiger partial charge in [0.15, 0.2) is 0 Å². The summed E-state index contributed by atoms with van der Waals surface area (Å²) in [7, 11) is -3.85. The highest BCUT2D eigenvalue weighted by molar-refractivity contribution is 7.89. The van der Waals surface area contributed by atoms with Crippen LogP contribution in [0.2, 0.25) is 0 Å². The second-order valence-corrected chi connectivity index (χ2v) is 8.04. The van der Waals surface area contributed by atoms with Gasteiger partial charge in [-0.3, -0.25) is 9.69 Å². The molecule has 0 aliphatic carbocycles. The van der Waals surface area contributed by atoms with Crippen molar-refractivity contribution in [1.82, 2.24) is 10.2 Å². The summed E-state index contributed by atoms with van der Waals surface area (Å²) in [6.07, 6.45) is 0. The molecule has 2 aromatic carbocycles. The molecule has 7 heteroatoms. The minimum Gasteiger partial charge on any atom is -0.348 e. The topological polar surface area (TPSA) is 92.5 Å².